The van der Waals surface area contributed by atoms with E-state index in [2.05, 4.69) is 20.8 Å². The van der Waals surface area contributed by atoms with E-state index in [9.17, 15) is 4.79 Å². The zero-order chi connectivity index (χ0) is 13.2. The molecule has 1 aromatic carbocycles. The number of nitrogens with one attached hydrogen (secondary N) is 2. The maximum atomic E-state index is 11.7. The highest BCUT2D eigenvalue weighted by atomic mass is 16.2. The van der Waals surface area contributed by atoms with E-state index in [-0.39, 0.29) is 5.91 Å². The molecule has 0 bridgehead atoms. The molecule has 0 spiro atoms. The summed E-state index contributed by atoms with van der Waals surface area (Å²) in [6.45, 7) is 2.02. The van der Waals surface area contributed by atoms with Gasteiger partial charge in [-0.2, -0.15) is 0 Å². The van der Waals surface area contributed by atoms with Gasteiger partial charge >= 0.3 is 0 Å². The number of carbonyl (C=O) groups excluding carboxylic acids is 1. The molecule has 0 radical (unpaired) electrons. The summed E-state index contributed by atoms with van der Waals surface area (Å²) in [5.41, 5.74) is 8.32. The standard InChI is InChI=1S/C14H12N4O/c1-9-3-2-4-10(7-9)13-15-8-11-12(17-13)5-6-16-18-14(11)19/h2-8,16H,1H3,(H,18,19). The number of amides is 1. The lowest BCUT2D eigenvalue weighted by Gasteiger charge is -2.05. The summed E-state index contributed by atoms with van der Waals surface area (Å²) in [5, 5.41) is 0. The quantitative estimate of drug-likeness (QED) is 0.810. The van der Waals surface area contributed by atoms with E-state index in [1.807, 2.05) is 31.2 Å². The van der Waals surface area contributed by atoms with Crippen molar-refractivity contribution in [1.82, 2.24) is 20.8 Å². The number of hydrogen-bond donors (Lipinski definition) is 2. The van der Waals surface area contributed by atoms with Crippen LogP contribution >= 0.6 is 0 Å². The van der Waals surface area contributed by atoms with Crippen LogP contribution in [0.5, 0.6) is 0 Å². The van der Waals surface area contributed by atoms with Gasteiger partial charge in [0.25, 0.3) is 5.91 Å². The fourth-order valence-electron chi connectivity index (χ4n) is 1.92. The normalized spacial score (nSPS) is 13.2. The van der Waals surface area contributed by atoms with E-state index in [0.717, 1.165) is 11.1 Å². The average molecular weight is 252 g/mol. The molecule has 1 amide bonds. The van der Waals surface area contributed by atoms with E-state index in [1.165, 1.54) is 0 Å². The van der Waals surface area contributed by atoms with Gasteiger partial charge in [0, 0.05) is 18.0 Å². The summed E-state index contributed by atoms with van der Waals surface area (Å²) < 4.78 is 0. The second-order valence-corrected chi connectivity index (χ2v) is 4.29. The predicted molar refractivity (Wildman–Crippen MR) is 71.8 cm³/mol. The molecule has 0 saturated heterocycles. The average Bonchev–Trinajstić information content (AvgIpc) is 2.60. The minimum Gasteiger partial charge on any atom is -0.306 e. The molecule has 0 fully saturated rings. The molecule has 0 atom stereocenters. The first-order chi connectivity index (χ1) is 9.24. The molecule has 2 heterocycles. The maximum absolute atomic E-state index is 11.7. The molecule has 0 unspecified atom stereocenters. The van der Waals surface area contributed by atoms with Crippen LogP contribution < -0.4 is 10.9 Å². The molecule has 2 aromatic rings. The largest absolute Gasteiger partial charge is 0.306 e. The van der Waals surface area contributed by atoms with Gasteiger partial charge in [0.15, 0.2) is 5.82 Å². The van der Waals surface area contributed by atoms with Crippen molar-refractivity contribution in [3.05, 3.63) is 53.5 Å². The van der Waals surface area contributed by atoms with Crippen molar-refractivity contribution in [3.8, 4) is 11.4 Å². The number of hydrogen-bond acceptors (Lipinski definition) is 4. The number of benzene rings is 1. The molecule has 19 heavy (non-hydrogen) atoms. The highest BCUT2D eigenvalue weighted by molar-refractivity contribution is 5.97. The Labute approximate surface area is 110 Å². The summed E-state index contributed by atoms with van der Waals surface area (Å²) in [5.74, 6) is 0.373. The summed E-state index contributed by atoms with van der Waals surface area (Å²) >= 11 is 0. The monoisotopic (exact) mass is 252 g/mol. The Hall–Kier alpha value is -2.69. The first-order valence-electron chi connectivity index (χ1n) is 5.90. The molecule has 5 heteroatoms. The molecule has 1 aromatic heterocycles. The lowest BCUT2D eigenvalue weighted by atomic mass is 10.1. The topological polar surface area (TPSA) is 66.9 Å². The highest BCUT2D eigenvalue weighted by Crippen LogP contribution is 2.18. The van der Waals surface area contributed by atoms with Crippen molar-refractivity contribution >= 4 is 12.0 Å². The maximum Gasteiger partial charge on any atom is 0.273 e. The third-order valence-corrected chi connectivity index (χ3v) is 2.85. The Balaban J connectivity index is 2.10. The minimum atomic E-state index is -0.240. The van der Waals surface area contributed by atoms with Crippen LogP contribution in [0.4, 0.5) is 0 Å². The van der Waals surface area contributed by atoms with Gasteiger partial charge < -0.3 is 5.43 Å². The Bertz CT molecular complexity index is 679. The summed E-state index contributed by atoms with van der Waals surface area (Å²) in [6.07, 6.45) is 4.93. The van der Waals surface area contributed by atoms with Gasteiger partial charge in [-0.25, -0.2) is 9.97 Å². The molecule has 5 nitrogen and oxygen atoms in total. The SMILES string of the molecule is Cc1cccc(-c2ncc3c(n2)C=CNNC3=O)c1. The molecule has 1 aliphatic heterocycles. The lowest BCUT2D eigenvalue weighted by Crippen LogP contribution is -2.32. The van der Waals surface area contributed by atoms with Gasteiger partial charge in [-0.15, -0.1) is 0 Å². The highest BCUT2D eigenvalue weighted by Gasteiger charge is 2.15. The molecule has 3 rings (SSSR count). The zero-order valence-corrected chi connectivity index (χ0v) is 10.3. The van der Waals surface area contributed by atoms with Gasteiger partial charge in [-0.05, 0) is 19.1 Å². The lowest BCUT2D eigenvalue weighted by molar-refractivity contribution is 0.0941. The molecule has 0 aliphatic carbocycles. The minimum absolute atomic E-state index is 0.240. The summed E-state index contributed by atoms with van der Waals surface area (Å²) in [7, 11) is 0. The third kappa shape index (κ3) is 2.18. The molecular formula is C14H12N4O. The number of carbonyl (C=O) groups is 1. The smallest absolute Gasteiger partial charge is 0.273 e. The second-order valence-electron chi connectivity index (χ2n) is 4.29. The number of nitrogens with zero attached hydrogens (tertiary/aromatic N) is 2. The van der Waals surface area contributed by atoms with Crippen molar-refractivity contribution < 1.29 is 4.79 Å². The van der Waals surface area contributed by atoms with E-state index in [0.29, 0.717) is 17.1 Å². The Morgan fingerprint density at radius 1 is 1.26 bits per heavy atom. The van der Waals surface area contributed by atoms with Crippen molar-refractivity contribution in [2.75, 3.05) is 0 Å². The second kappa shape index (κ2) is 4.53. The summed E-state index contributed by atoms with van der Waals surface area (Å²) in [4.78, 5) is 20.4. The van der Waals surface area contributed by atoms with Crippen molar-refractivity contribution in [2.45, 2.75) is 6.92 Å². The van der Waals surface area contributed by atoms with Crippen LogP contribution in [0.2, 0.25) is 0 Å². The predicted octanol–water partition coefficient (Wildman–Crippen LogP) is 1.67. The first kappa shape index (κ1) is 11.4. The number of hydrazine groups is 1. The molecule has 2 N–H and O–H groups in total. The van der Waals surface area contributed by atoms with E-state index in [1.54, 1.807) is 18.5 Å². The number of rotatable bonds is 1. The van der Waals surface area contributed by atoms with Crippen molar-refractivity contribution in [2.24, 2.45) is 0 Å². The molecule has 0 saturated carbocycles. The van der Waals surface area contributed by atoms with Gasteiger partial charge in [0.05, 0.1) is 11.3 Å². The Kier molecular flexibility index (Phi) is 2.72. The van der Waals surface area contributed by atoms with E-state index >= 15 is 0 Å². The van der Waals surface area contributed by atoms with Crippen LogP contribution in [-0.2, 0) is 0 Å². The molecular weight excluding hydrogens is 240 g/mol. The Morgan fingerprint density at radius 2 is 2.16 bits per heavy atom. The van der Waals surface area contributed by atoms with E-state index < -0.39 is 0 Å². The molecule has 94 valence electrons. The van der Waals surface area contributed by atoms with Crippen LogP contribution in [0.15, 0.2) is 36.7 Å². The van der Waals surface area contributed by atoms with Gasteiger partial charge in [0.1, 0.15) is 0 Å². The number of fused-ring (bicyclic) bond motifs is 1. The fourth-order valence-corrected chi connectivity index (χ4v) is 1.92. The van der Waals surface area contributed by atoms with Crippen LogP contribution in [0, 0.1) is 6.92 Å². The van der Waals surface area contributed by atoms with Gasteiger partial charge in [-0.3, -0.25) is 10.2 Å². The first-order valence-corrected chi connectivity index (χ1v) is 5.90. The Morgan fingerprint density at radius 3 is 3.00 bits per heavy atom. The number of aryl methyl sites for hydroxylation is 1. The zero-order valence-electron chi connectivity index (χ0n) is 10.3. The van der Waals surface area contributed by atoms with Gasteiger partial charge in [-0.1, -0.05) is 23.8 Å². The van der Waals surface area contributed by atoms with Crippen LogP contribution in [0.1, 0.15) is 21.6 Å². The van der Waals surface area contributed by atoms with Crippen molar-refractivity contribution in [1.29, 1.82) is 0 Å². The fraction of sp³-hybridized carbons (Fsp3) is 0.0714. The van der Waals surface area contributed by atoms with Crippen LogP contribution in [0.25, 0.3) is 17.5 Å². The van der Waals surface area contributed by atoms with Crippen LogP contribution in [-0.4, -0.2) is 15.9 Å². The molecule has 1 aliphatic rings. The number of aromatic nitrogens is 2. The van der Waals surface area contributed by atoms with E-state index in [4.69, 9.17) is 0 Å². The summed E-state index contributed by atoms with van der Waals surface area (Å²) in [6, 6.07) is 7.95. The van der Waals surface area contributed by atoms with Crippen molar-refractivity contribution in [3.63, 3.8) is 0 Å². The van der Waals surface area contributed by atoms with Gasteiger partial charge in [0.2, 0.25) is 0 Å². The van der Waals surface area contributed by atoms with Crippen LogP contribution in [0.3, 0.4) is 0 Å². The third-order valence-electron chi connectivity index (χ3n) is 2.85.